The van der Waals surface area contributed by atoms with Crippen LogP contribution in [0.1, 0.15) is 56.8 Å². The minimum absolute atomic E-state index is 0.250. The number of thiophene rings is 2. The Morgan fingerprint density at radius 2 is 1.88 bits per heavy atom. The molecule has 0 fully saturated rings. The van der Waals surface area contributed by atoms with Crippen LogP contribution in [-0.2, 0) is 0 Å². The molecular weight excluding hydrogens is 505 g/mol. The van der Waals surface area contributed by atoms with Gasteiger partial charge in [-0.1, -0.05) is 12.2 Å². The molecule has 2 atom stereocenters. The molecule has 0 saturated heterocycles. The molecule has 3 N–H and O–H groups in total. The van der Waals surface area contributed by atoms with E-state index in [0.717, 1.165) is 25.9 Å². The predicted molar refractivity (Wildman–Crippen MR) is 157 cm³/mol. The highest BCUT2D eigenvalue weighted by Crippen LogP contribution is 2.29. The topological polar surface area (TPSA) is 84.6 Å². The summed E-state index contributed by atoms with van der Waals surface area (Å²) >= 11 is 13.2. The summed E-state index contributed by atoms with van der Waals surface area (Å²) in [6.45, 7) is 7.59. The lowest BCUT2D eigenvalue weighted by atomic mass is 10.1. The highest BCUT2D eigenvalue weighted by Gasteiger charge is 2.25. The van der Waals surface area contributed by atoms with Crippen molar-refractivity contribution in [3.8, 4) is 0 Å². The Kier molecular flexibility index (Phi) is 17.0. The largest absolute Gasteiger partial charge is 0.397 e. The Balaban J connectivity index is 0.000000262. The zero-order chi connectivity index (χ0) is 25.0. The lowest BCUT2D eigenvalue weighted by molar-refractivity contribution is 0.318. The minimum atomic E-state index is 0.250. The van der Waals surface area contributed by atoms with Gasteiger partial charge >= 0.3 is 0 Å². The first-order valence-corrected chi connectivity index (χ1v) is 13.8. The quantitative estimate of drug-likeness (QED) is 0.358. The van der Waals surface area contributed by atoms with Crippen LogP contribution in [0.3, 0.4) is 0 Å². The molecule has 2 aromatic rings. The van der Waals surface area contributed by atoms with Gasteiger partial charge in [-0.3, -0.25) is 4.99 Å². The maximum Gasteiger partial charge on any atom is 0.190 e. The van der Waals surface area contributed by atoms with E-state index in [-0.39, 0.29) is 12.6 Å². The van der Waals surface area contributed by atoms with Crippen molar-refractivity contribution >= 4 is 76.2 Å². The number of hydrogen-bond acceptors (Lipinski definition) is 9. The Bertz CT molecular complexity index is 860. The number of nitrogens with zero attached hydrogens (tertiary/aromatic N) is 4. The van der Waals surface area contributed by atoms with Crippen molar-refractivity contribution in [2.75, 3.05) is 19.7 Å². The van der Waals surface area contributed by atoms with E-state index >= 15 is 0 Å². The summed E-state index contributed by atoms with van der Waals surface area (Å²) in [4.78, 5) is 3.81. The fourth-order valence-corrected chi connectivity index (χ4v) is 4.60. The number of nitrogens with one attached hydrogen (secondary N) is 2. The van der Waals surface area contributed by atoms with Gasteiger partial charge in [0.1, 0.15) is 0 Å². The second-order valence-corrected chi connectivity index (χ2v) is 8.89. The molecule has 0 aromatic carbocycles. The van der Waals surface area contributed by atoms with E-state index in [0.29, 0.717) is 11.2 Å². The first-order chi connectivity index (χ1) is 16.6. The summed E-state index contributed by atoms with van der Waals surface area (Å²) < 4.78 is 0. The van der Waals surface area contributed by atoms with E-state index in [1.165, 1.54) is 16.5 Å². The van der Waals surface area contributed by atoms with Gasteiger partial charge in [0.05, 0.1) is 12.1 Å². The molecule has 4 heterocycles. The Labute approximate surface area is 221 Å². The monoisotopic (exact) mass is 538 g/mol. The molecule has 2 aliphatic heterocycles. The molecule has 7 nitrogen and oxygen atoms in total. The van der Waals surface area contributed by atoms with Crippen molar-refractivity contribution in [2.45, 2.75) is 45.7 Å². The molecule has 0 aliphatic carbocycles. The van der Waals surface area contributed by atoms with Crippen LogP contribution in [0.15, 0.2) is 48.8 Å². The zero-order valence-electron chi connectivity index (χ0n) is 19.8. The Morgan fingerprint density at radius 3 is 2.35 bits per heavy atom. The van der Waals surface area contributed by atoms with Crippen LogP contribution >= 0.6 is 47.1 Å². The zero-order valence-corrected chi connectivity index (χ0v) is 23.1. The van der Waals surface area contributed by atoms with Crippen LogP contribution in [0.2, 0.25) is 0 Å². The Hall–Kier alpha value is -2.05. The van der Waals surface area contributed by atoms with Crippen molar-refractivity contribution in [1.82, 2.24) is 15.8 Å². The first-order valence-electron chi connectivity index (χ1n) is 11.1. The van der Waals surface area contributed by atoms with Gasteiger partial charge in [-0.25, -0.2) is 5.01 Å². The normalized spacial score (nSPS) is 17.6. The van der Waals surface area contributed by atoms with Gasteiger partial charge < -0.3 is 15.8 Å². The van der Waals surface area contributed by atoms with Crippen LogP contribution in [0, 0.1) is 0 Å². The number of thiocarbonyl (C=S) groups is 2. The van der Waals surface area contributed by atoms with E-state index in [1.807, 2.05) is 31.3 Å². The fraction of sp³-hybridized carbons (Fsp3) is 0.435. The van der Waals surface area contributed by atoms with E-state index in [2.05, 4.69) is 71.8 Å². The van der Waals surface area contributed by atoms with Gasteiger partial charge in [0.2, 0.25) is 0 Å². The lowest BCUT2D eigenvalue weighted by Gasteiger charge is -2.23. The minimum Gasteiger partial charge on any atom is -0.397 e. The predicted octanol–water partition coefficient (Wildman–Crippen LogP) is 5.22. The molecule has 2 unspecified atom stereocenters. The van der Waals surface area contributed by atoms with Crippen molar-refractivity contribution in [3.63, 3.8) is 0 Å². The third-order valence-corrected chi connectivity index (χ3v) is 6.11. The second-order valence-electron chi connectivity index (χ2n) is 6.67. The molecule has 0 saturated carbocycles. The van der Waals surface area contributed by atoms with Crippen molar-refractivity contribution in [1.29, 1.82) is 0 Å². The lowest BCUT2D eigenvalue weighted by Crippen LogP contribution is -2.36. The first kappa shape index (κ1) is 30.0. The number of aliphatic hydroxyl groups is 1. The smallest absolute Gasteiger partial charge is 0.190 e. The third kappa shape index (κ3) is 11.4. The summed E-state index contributed by atoms with van der Waals surface area (Å²) in [5.74, 6) is 0. The number of hydrogen-bond donors (Lipinski definition) is 3. The molecule has 2 aromatic heterocycles. The van der Waals surface area contributed by atoms with Gasteiger partial charge in [-0.2, -0.15) is 32.9 Å². The van der Waals surface area contributed by atoms with Crippen LogP contribution in [-0.4, -0.2) is 58.9 Å². The number of hydrazone groups is 2. The third-order valence-electron chi connectivity index (χ3n) is 4.25. The van der Waals surface area contributed by atoms with E-state index < -0.39 is 0 Å². The molecule has 0 amide bonds. The van der Waals surface area contributed by atoms with E-state index in [9.17, 15) is 0 Å². The molecule has 4 rings (SSSR count). The van der Waals surface area contributed by atoms with Crippen molar-refractivity contribution in [3.05, 3.63) is 44.8 Å². The summed E-state index contributed by atoms with van der Waals surface area (Å²) in [5.41, 5.74) is 5.67. The number of rotatable bonds is 5. The average Bonchev–Trinajstić information content (AvgIpc) is 3.66. The highest BCUT2D eigenvalue weighted by atomic mass is 32.1. The second kappa shape index (κ2) is 19.3. The molecule has 11 heteroatoms. The summed E-state index contributed by atoms with van der Waals surface area (Å²) in [6, 6.07) is 4.98. The molecule has 2 aliphatic rings. The number of aliphatic hydroxyl groups excluding tert-OH is 1. The summed E-state index contributed by atoms with van der Waals surface area (Å²) in [7, 11) is 0. The van der Waals surface area contributed by atoms with Crippen LogP contribution in [0.5, 0.6) is 0 Å². The highest BCUT2D eigenvalue weighted by molar-refractivity contribution is 7.80. The number of aliphatic imine (C=N–C) groups is 1. The maximum atomic E-state index is 7.57. The molecule has 0 bridgehead atoms. The summed E-state index contributed by atoms with van der Waals surface area (Å²) in [6.07, 6.45) is 7.42. The van der Waals surface area contributed by atoms with Gasteiger partial charge in [0.15, 0.2) is 5.11 Å². The Morgan fingerprint density at radius 1 is 1.21 bits per heavy atom. The average molecular weight is 539 g/mol. The van der Waals surface area contributed by atoms with Crippen molar-refractivity contribution in [2.24, 2.45) is 15.2 Å². The van der Waals surface area contributed by atoms with E-state index in [4.69, 9.17) is 17.3 Å². The van der Waals surface area contributed by atoms with Crippen molar-refractivity contribution < 1.29 is 5.11 Å². The standard InChI is InChI=1S/C10H13N3S2.C7H8N2S.C4H7NS.C2H6O/c1-2-11-10(14)13-9(3-5-12-13)8-4-6-15-7-8;1-3-8-9-7(1)6-2-4-10-5-6;1-2-5-3-4-6;1-2-3/h4-7,9H,2-3H2,1H3,(H,11,14);2-5,7,9H,1H2;3-4H,2H2,1H3;3H,2H2,1H3. The van der Waals surface area contributed by atoms with Crippen LogP contribution in [0.25, 0.3) is 0 Å². The molecule has 0 radical (unpaired) electrons. The SMILES string of the molecule is C1=NNC(c2ccsc2)C1.CCN=CC=S.CCNC(=S)N1N=CCC1c1ccsc1.CCO. The molecule has 0 spiro atoms. The van der Waals surface area contributed by atoms with Gasteiger partial charge in [0.25, 0.3) is 0 Å². The van der Waals surface area contributed by atoms with Crippen LogP contribution < -0.4 is 10.7 Å². The molecular formula is C23H34N6OS4. The van der Waals surface area contributed by atoms with Crippen LogP contribution in [0.4, 0.5) is 0 Å². The summed E-state index contributed by atoms with van der Waals surface area (Å²) in [5, 5.41) is 31.5. The van der Waals surface area contributed by atoms with Gasteiger partial charge in [-0.15, -0.1) is 0 Å². The van der Waals surface area contributed by atoms with Gasteiger partial charge in [-0.05, 0) is 77.8 Å². The maximum absolute atomic E-state index is 7.57. The fourth-order valence-electron chi connectivity index (χ4n) is 2.77. The molecule has 186 valence electrons. The van der Waals surface area contributed by atoms with E-state index in [1.54, 1.807) is 35.8 Å². The molecule has 34 heavy (non-hydrogen) atoms. The van der Waals surface area contributed by atoms with Gasteiger partial charge in [0, 0.05) is 56.5 Å².